The Balaban J connectivity index is 1.31. The molecule has 3 heterocycles. The molecule has 2 N–H and O–H groups in total. The number of aromatic nitrogens is 3. The second-order valence-corrected chi connectivity index (χ2v) is 8.87. The molecular weight excluding hydrogens is 431 g/mol. The number of fused-ring (bicyclic) bond motifs is 2. The number of ketones is 1. The second-order valence-electron chi connectivity index (χ2n) is 8.87. The van der Waals surface area contributed by atoms with E-state index in [0.29, 0.717) is 17.4 Å². The molecule has 2 aromatic carbocycles. The number of imidazole rings is 1. The Labute approximate surface area is 187 Å². The summed E-state index contributed by atoms with van der Waals surface area (Å²) in [4.78, 5) is 23.7. The molecule has 1 aliphatic heterocycles. The molecule has 1 saturated heterocycles. The minimum atomic E-state index is -4.60. The van der Waals surface area contributed by atoms with Crippen LogP contribution in [-0.2, 0) is 16.3 Å². The number of nitrogens with zero attached hydrogens (tertiary/aromatic N) is 1. The lowest BCUT2D eigenvalue weighted by Gasteiger charge is -2.22. The molecule has 2 aromatic heterocycles. The maximum absolute atomic E-state index is 13.3. The van der Waals surface area contributed by atoms with Crippen LogP contribution in [0.4, 0.5) is 13.2 Å². The molecule has 0 unspecified atom stereocenters. The van der Waals surface area contributed by atoms with Crippen molar-refractivity contribution in [1.82, 2.24) is 15.0 Å². The summed E-state index contributed by atoms with van der Waals surface area (Å²) in [6.07, 6.45) is -1.03. The van der Waals surface area contributed by atoms with E-state index in [4.69, 9.17) is 4.74 Å². The first-order valence-corrected chi connectivity index (χ1v) is 10.8. The van der Waals surface area contributed by atoms with E-state index in [2.05, 4.69) is 27.1 Å². The first-order chi connectivity index (χ1) is 15.8. The zero-order chi connectivity index (χ0) is 22.8. The number of hydrogen-bond acceptors (Lipinski definition) is 3. The van der Waals surface area contributed by atoms with E-state index in [1.807, 2.05) is 6.07 Å². The molecule has 4 aromatic rings. The van der Waals surface area contributed by atoms with Crippen LogP contribution in [0.2, 0.25) is 0 Å². The monoisotopic (exact) mass is 451 g/mol. The fraction of sp³-hybridized carbons (Fsp3) is 0.280. The lowest BCUT2D eigenvalue weighted by molar-refractivity contribution is -0.137. The van der Waals surface area contributed by atoms with Gasteiger partial charge >= 0.3 is 6.18 Å². The molecule has 5 nitrogen and oxygen atoms in total. The van der Waals surface area contributed by atoms with Gasteiger partial charge in [0.25, 0.3) is 0 Å². The van der Waals surface area contributed by atoms with Crippen molar-refractivity contribution in [2.45, 2.75) is 24.4 Å². The summed E-state index contributed by atoms with van der Waals surface area (Å²) in [7, 11) is 0. The number of nitrogens with one attached hydrogen (secondary N) is 2. The average Bonchev–Trinajstić information content (AvgIpc) is 3.14. The molecule has 0 amide bonds. The van der Waals surface area contributed by atoms with E-state index in [0.717, 1.165) is 43.2 Å². The molecule has 2 atom stereocenters. The summed E-state index contributed by atoms with van der Waals surface area (Å²) < 4.78 is 45.6. The van der Waals surface area contributed by atoms with Gasteiger partial charge in [-0.3, -0.25) is 4.79 Å². The van der Waals surface area contributed by atoms with Crippen LogP contribution >= 0.6 is 0 Å². The summed E-state index contributed by atoms with van der Waals surface area (Å²) in [5.74, 6) is 0.409. The van der Waals surface area contributed by atoms with Crippen molar-refractivity contribution >= 4 is 16.8 Å². The van der Waals surface area contributed by atoms with Gasteiger partial charge in [0.15, 0.2) is 11.6 Å². The number of hydrogen-bond donors (Lipinski definition) is 2. The maximum atomic E-state index is 13.3. The molecule has 0 bridgehead atoms. The second kappa shape index (κ2) is 7.05. The van der Waals surface area contributed by atoms with Gasteiger partial charge in [0, 0.05) is 29.3 Å². The highest BCUT2D eigenvalue weighted by Gasteiger charge is 2.56. The van der Waals surface area contributed by atoms with Crippen LogP contribution in [0.3, 0.4) is 0 Å². The van der Waals surface area contributed by atoms with Gasteiger partial charge in [-0.1, -0.05) is 24.3 Å². The molecule has 33 heavy (non-hydrogen) atoms. The quantitative estimate of drug-likeness (QED) is 0.404. The number of rotatable bonds is 4. The number of ether oxygens (including phenoxy) is 1. The predicted molar refractivity (Wildman–Crippen MR) is 116 cm³/mol. The highest BCUT2D eigenvalue weighted by Crippen LogP contribution is 2.58. The summed E-state index contributed by atoms with van der Waals surface area (Å²) in [6, 6.07) is 12.6. The van der Waals surface area contributed by atoms with Crippen LogP contribution in [0.15, 0.2) is 54.7 Å². The zero-order valence-electron chi connectivity index (χ0n) is 17.5. The van der Waals surface area contributed by atoms with E-state index >= 15 is 0 Å². The molecule has 0 spiro atoms. The largest absolute Gasteiger partial charge is 0.417 e. The van der Waals surface area contributed by atoms with Crippen molar-refractivity contribution in [2.24, 2.45) is 5.92 Å². The smallest absolute Gasteiger partial charge is 0.381 e. The molecule has 0 radical (unpaired) electrons. The Hall–Kier alpha value is -3.39. The zero-order valence-corrected chi connectivity index (χ0v) is 17.5. The van der Waals surface area contributed by atoms with E-state index in [9.17, 15) is 18.0 Å². The maximum Gasteiger partial charge on any atom is 0.417 e. The molecule has 168 valence electrons. The number of carbonyl (C=O) groups is 1. The van der Waals surface area contributed by atoms with Crippen LogP contribution in [-0.4, -0.2) is 33.9 Å². The molecule has 1 saturated carbocycles. The third-order valence-electron chi connectivity index (χ3n) is 6.98. The van der Waals surface area contributed by atoms with Gasteiger partial charge < -0.3 is 14.7 Å². The lowest BCUT2D eigenvalue weighted by Crippen LogP contribution is -2.21. The molecule has 1 aliphatic carbocycles. The van der Waals surface area contributed by atoms with Gasteiger partial charge in [0.2, 0.25) is 0 Å². The molecule has 2 aliphatic rings. The molecule has 6 rings (SSSR count). The Morgan fingerprint density at radius 2 is 2.00 bits per heavy atom. The average molecular weight is 451 g/mol. The number of alkyl halides is 3. The topological polar surface area (TPSA) is 70.8 Å². The Morgan fingerprint density at radius 1 is 1.15 bits per heavy atom. The van der Waals surface area contributed by atoms with E-state index in [1.54, 1.807) is 0 Å². The SMILES string of the molecule is O=C(c1c[nH]c(-c2nc3ccc([C@]45CCOC[C@H]4C5)cc3[nH]2)c1)c1ccccc1C(F)(F)F. The number of benzene rings is 2. The third-order valence-corrected chi connectivity index (χ3v) is 6.98. The van der Waals surface area contributed by atoms with Gasteiger partial charge in [-0.2, -0.15) is 13.2 Å². The van der Waals surface area contributed by atoms with E-state index in [-0.39, 0.29) is 16.5 Å². The van der Waals surface area contributed by atoms with Gasteiger partial charge in [-0.25, -0.2) is 4.98 Å². The van der Waals surface area contributed by atoms with Crippen LogP contribution < -0.4 is 0 Å². The van der Waals surface area contributed by atoms with Crippen molar-refractivity contribution in [3.8, 4) is 11.5 Å². The number of H-pyrrole nitrogens is 2. The summed E-state index contributed by atoms with van der Waals surface area (Å²) >= 11 is 0. The van der Waals surface area contributed by atoms with Gasteiger partial charge in [0.1, 0.15) is 0 Å². The highest BCUT2D eigenvalue weighted by atomic mass is 19.4. The lowest BCUT2D eigenvalue weighted by atomic mass is 9.89. The number of halogens is 3. The summed E-state index contributed by atoms with van der Waals surface area (Å²) in [6.45, 7) is 1.59. The Kier molecular flexibility index (Phi) is 4.32. The summed E-state index contributed by atoms with van der Waals surface area (Å²) in [5.41, 5.74) is 2.52. The van der Waals surface area contributed by atoms with Gasteiger partial charge in [-0.05, 0) is 48.6 Å². The van der Waals surface area contributed by atoms with Crippen LogP contribution in [0.25, 0.3) is 22.6 Å². The van der Waals surface area contributed by atoms with Crippen molar-refractivity contribution < 1.29 is 22.7 Å². The fourth-order valence-electron chi connectivity index (χ4n) is 5.08. The third kappa shape index (κ3) is 3.28. The van der Waals surface area contributed by atoms with Crippen molar-refractivity contribution in [1.29, 1.82) is 0 Å². The van der Waals surface area contributed by atoms with E-state index < -0.39 is 17.5 Å². The van der Waals surface area contributed by atoms with Crippen LogP contribution in [0.5, 0.6) is 0 Å². The molecular formula is C25H20F3N3O2. The minimum absolute atomic E-state index is 0.143. The highest BCUT2D eigenvalue weighted by molar-refractivity contribution is 6.10. The number of aromatic amines is 2. The first kappa shape index (κ1) is 20.2. The van der Waals surface area contributed by atoms with E-state index in [1.165, 1.54) is 36.0 Å². The van der Waals surface area contributed by atoms with Gasteiger partial charge in [0.05, 0.1) is 28.9 Å². The predicted octanol–water partition coefficient (Wildman–Crippen LogP) is 5.49. The normalized spacial score (nSPS) is 22.3. The Bertz CT molecular complexity index is 1390. The van der Waals surface area contributed by atoms with Crippen molar-refractivity contribution in [2.75, 3.05) is 13.2 Å². The van der Waals surface area contributed by atoms with Crippen LogP contribution in [0.1, 0.15) is 39.9 Å². The Morgan fingerprint density at radius 3 is 2.82 bits per heavy atom. The summed E-state index contributed by atoms with van der Waals surface area (Å²) in [5, 5.41) is 0. The van der Waals surface area contributed by atoms with Crippen molar-refractivity contribution in [3.63, 3.8) is 0 Å². The molecule has 2 fully saturated rings. The fourth-order valence-corrected chi connectivity index (χ4v) is 5.08. The standard InChI is InChI=1S/C25H20F3N3O2/c26-25(27,28)18-4-2-1-3-17(18)22(32)14-9-21(29-12-14)23-30-19-6-5-15(10-20(19)31-23)24-7-8-33-13-16(24)11-24/h1-6,9-10,12,16,29H,7-8,11,13H2,(H,30,31)/t16-,24-/m1/s1. The molecule has 8 heteroatoms. The van der Waals surface area contributed by atoms with Crippen molar-refractivity contribution in [3.05, 3.63) is 77.0 Å². The minimum Gasteiger partial charge on any atom is -0.381 e. The van der Waals surface area contributed by atoms with Crippen LogP contribution in [0, 0.1) is 5.92 Å². The first-order valence-electron chi connectivity index (χ1n) is 10.8. The van der Waals surface area contributed by atoms with Gasteiger partial charge in [-0.15, -0.1) is 0 Å². The number of carbonyl (C=O) groups excluding carboxylic acids is 1.